The highest BCUT2D eigenvalue weighted by molar-refractivity contribution is 6.31. The van der Waals surface area contributed by atoms with E-state index in [1.54, 1.807) is 18.2 Å². The number of phenolic OH excluding ortho intramolecular Hbond substituents is 1. The molecule has 20 heavy (non-hydrogen) atoms. The van der Waals surface area contributed by atoms with E-state index in [4.69, 9.17) is 16.3 Å². The average molecular weight is 292 g/mol. The molecule has 0 spiro atoms. The van der Waals surface area contributed by atoms with Gasteiger partial charge >= 0.3 is 0 Å². The maximum atomic E-state index is 9.77. The second-order valence-corrected chi connectivity index (χ2v) is 4.87. The van der Waals surface area contributed by atoms with Gasteiger partial charge in [-0.05, 0) is 42.8 Å². The summed E-state index contributed by atoms with van der Waals surface area (Å²) in [5.41, 5.74) is 1.65. The second kappa shape index (κ2) is 7.06. The molecular formula is C16H18ClNO2. The van der Waals surface area contributed by atoms with Gasteiger partial charge in [0.2, 0.25) is 0 Å². The summed E-state index contributed by atoms with van der Waals surface area (Å²) in [6.45, 7) is 3.27. The molecule has 2 aromatic rings. The lowest BCUT2D eigenvalue weighted by Crippen LogP contribution is -2.01. The molecule has 0 aliphatic rings. The number of hydrogen-bond acceptors (Lipinski definition) is 3. The average Bonchev–Trinajstić information content (AvgIpc) is 2.46. The minimum Gasteiger partial charge on any atom is -0.508 e. The Morgan fingerprint density at radius 2 is 1.90 bits per heavy atom. The topological polar surface area (TPSA) is 41.5 Å². The molecule has 0 fully saturated rings. The molecule has 4 heteroatoms. The molecule has 106 valence electrons. The molecule has 0 heterocycles. The van der Waals surface area contributed by atoms with Crippen LogP contribution in [0.15, 0.2) is 42.5 Å². The number of benzene rings is 2. The summed E-state index contributed by atoms with van der Waals surface area (Å²) in [5, 5.41) is 13.5. The third-order valence-electron chi connectivity index (χ3n) is 2.89. The highest BCUT2D eigenvalue weighted by Crippen LogP contribution is 2.26. The van der Waals surface area contributed by atoms with Gasteiger partial charge in [0.25, 0.3) is 0 Å². The van der Waals surface area contributed by atoms with Crippen LogP contribution in [0.25, 0.3) is 0 Å². The molecule has 0 unspecified atom stereocenters. The number of aromatic hydroxyl groups is 1. The van der Waals surface area contributed by atoms with Gasteiger partial charge < -0.3 is 15.2 Å². The Hall–Kier alpha value is -1.87. The van der Waals surface area contributed by atoms with E-state index >= 15 is 0 Å². The third kappa shape index (κ3) is 3.81. The molecule has 0 aromatic heterocycles. The van der Waals surface area contributed by atoms with E-state index in [1.165, 1.54) is 0 Å². The van der Waals surface area contributed by atoms with Crippen molar-refractivity contribution >= 4 is 17.3 Å². The fraction of sp³-hybridized carbons (Fsp3) is 0.250. The van der Waals surface area contributed by atoms with Crippen molar-refractivity contribution in [1.29, 1.82) is 0 Å². The lowest BCUT2D eigenvalue weighted by molar-refractivity contribution is 0.317. The van der Waals surface area contributed by atoms with E-state index in [9.17, 15) is 5.11 Å². The first kappa shape index (κ1) is 14.5. The zero-order valence-electron chi connectivity index (χ0n) is 11.4. The molecular weight excluding hydrogens is 274 g/mol. The normalized spacial score (nSPS) is 10.3. The first-order valence-corrected chi connectivity index (χ1v) is 7.01. The lowest BCUT2D eigenvalue weighted by Gasteiger charge is -2.10. The Balaban J connectivity index is 1.97. The summed E-state index contributed by atoms with van der Waals surface area (Å²) in [4.78, 5) is 0. The number of nitrogens with one attached hydrogen (secondary N) is 1. The van der Waals surface area contributed by atoms with Gasteiger partial charge in [-0.1, -0.05) is 24.6 Å². The number of anilines is 1. The zero-order valence-corrected chi connectivity index (χ0v) is 12.2. The van der Waals surface area contributed by atoms with Crippen molar-refractivity contribution in [3.8, 4) is 11.5 Å². The predicted octanol–water partition coefficient (Wildman–Crippen LogP) is 4.45. The van der Waals surface area contributed by atoms with Crippen LogP contribution in [0.2, 0.25) is 5.02 Å². The monoisotopic (exact) mass is 291 g/mol. The van der Waals surface area contributed by atoms with Crippen LogP contribution in [0.5, 0.6) is 11.5 Å². The third-order valence-corrected chi connectivity index (χ3v) is 3.24. The first-order chi connectivity index (χ1) is 9.70. The van der Waals surface area contributed by atoms with Gasteiger partial charge in [0.1, 0.15) is 11.5 Å². The molecule has 0 amide bonds. The number of rotatable bonds is 6. The molecule has 2 N–H and O–H groups in total. The van der Waals surface area contributed by atoms with E-state index in [1.807, 2.05) is 24.3 Å². The number of hydrogen-bond donors (Lipinski definition) is 2. The van der Waals surface area contributed by atoms with E-state index in [-0.39, 0.29) is 5.75 Å². The predicted molar refractivity (Wildman–Crippen MR) is 82.7 cm³/mol. The number of ether oxygens (including phenoxy) is 1. The zero-order chi connectivity index (χ0) is 14.4. The summed E-state index contributed by atoms with van der Waals surface area (Å²) in [7, 11) is 0. The van der Waals surface area contributed by atoms with Gasteiger partial charge in [0.05, 0.1) is 6.61 Å². The van der Waals surface area contributed by atoms with Gasteiger partial charge in [0.15, 0.2) is 0 Å². The second-order valence-electron chi connectivity index (χ2n) is 4.46. The lowest BCUT2D eigenvalue weighted by atomic mass is 10.2. The Morgan fingerprint density at radius 3 is 2.55 bits per heavy atom. The maximum absolute atomic E-state index is 9.77. The van der Waals surface area contributed by atoms with Crippen molar-refractivity contribution in [2.24, 2.45) is 0 Å². The van der Waals surface area contributed by atoms with Crippen LogP contribution in [0.1, 0.15) is 18.9 Å². The molecule has 0 radical (unpaired) electrons. The molecule has 3 nitrogen and oxygen atoms in total. The molecule has 2 aromatic carbocycles. The van der Waals surface area contributed by atoms with Crippen molar-refractivity contribution < 1.29 is 9.84 Å². The van der Waals surface area contributed by atoms with Gasteiger partial charge in [-0.3, -0.25) is 0 Å². The fourth-order valence-electron chi connectivity index (χ4n) is 1.80. The van der Waals surface area contributed by atoms with Gasteiger partial charge in [-0.25, -0.2) is 0 Å². The van der Waals surface area contributed by atoms with Crippen molar-refractivity contribution in [2.45, 2.75) is 19.9 Å². The Labute approximate surface area is 124 Å². The Morgan fingerprint density at radius 1 is 1.15 bits per heavy atom. The standard InChI is InChI=1S/C16H18ClNO2/c1-2-10-20-13-8-6-12(7-9-13)18-11-14-15(17)4-3-5-16(14)19/h3-9,18-19H,2,10-11H2,1H3. The molecule has 0 bridgehead atoms. The van der Waals surface area contributed by atoms with E-state index < -0.39 is 0 Å². The summed E-state index contributed by atoms with van der Waals surface area (Å²) >= 11 is 6.06. The quantitative estimate of drug-likeness (QED) is 0.826. The van der Waals surface area contributed by atoms with Crippen molar-refractivity contribution in [3.05, 3.63) is 53.1 Å². The van der Waals surface area contributed by atoms with Crippen LogP contribution in [0.3, 0.4) is 0 Å². The summed E-state index contributed by atoms with van der Waals surface area (Å²) in [6.07, 6.45) is 0.992. The van der Waals surface area contributed by atoms with Crippen LogP contribution in [0.4, 0.5) is 5.69 Å². The highest BCUT2D eigenvalue weighted by atomic mass is 35.5. The van der Waals surface area contributed by atoms with Crippen molar-refractivity contribution in [2.75, 3.05) is 11.9 Å². The van der Waals surface area contributed by atoms with Crippen molar-refractivity contribution in [3.63, 3.8) is 0 Å². The van der Waals surface area contributed by atoms with Crippen LogP contribution in [0, 0.1) is 0 Å². The molecule has 0 atom stereocenters. The highest BCUT2D eigenvalue weighted by Gasteiger charge is 2.05. The summed E-state index contributed by atoms with van der Waals surface area (Å²) in [6, 6.07) is 12.8. The number of phenols is 1. The SMILES string of the molecule is CCCOc1ccc(NCc2c(O)cccc2Cl)cc1. The van der Waals surface area contributed by atoms with Crippen LogP contribution in [-0.2, 0) is 6.54 Å². The molecule has 0 saturated heterocycles. The fourth-order valence-corrected chi connectivity index (χ4v) is 2.04. The maximum Gasteiger partial charge on any atom is 0.122 e. The molecule has 0 aliphatic carbocycles. The van der Waals surface area contributed by atoms with Gasteiger partial charge in [-0.15, -0.1) is 0 Å². The Kier molecular flexibility index (Phi) is 5.13. The van der Waals surface area contributed by atoms with Crippen LogP contribution < -0.4 is 10.1 Å². The van der Waals surface area contributed by atoms with Gasteiger partial charge in [0, 0.05) is 22.8 Å². The first-order valence-electron chi connectivity index (χ1n) is 6.63. The largest absolute Gasteiger partial charge is 0.508 e. The molecule has 0 saturated carbocycles. The van der Waals surface area contributed by atoms with Crippen LogP contribution in [-0.4, -0.2) is 11.7 Å². The minimum atomic E-state index is 0.202. The van der Waals surface area contributed by atoms with Crippen molar-refractivity contribution in [1.82, 2.24) is 0 Å². The number of halogens is 1. The van der Waals surface area contributed by atoms with Gasteiger partial charge in [-0.2, -0.15) is 0 Å². The molecule has 0 aliphatic heterocycles. The van der Waals surface area contributed by atoms with E-state index in [0.717, 1.165) is 24.5 Å². The van der Waals surface area contributed by atoms with E-state index in [0.29, 0.717) is 17.1 Å². The van der Waals surface area contributed by atoms with Crippen LogP contribution >= 0.6 is 11.6 Å². The summed E-state index contributed by atoms with van der Waals surface area (Å²) in [5.74, 6) is 1.06. The van der Waals surface area contributed by atoms with E-state index in [2.05, 4.69) is 12.2 Å². The summed E-state index contributed by atoms with van der Waals surface area (Å²) < 4.78 is 5.52. The Bertz CT molecular complexity index is 535. The molecule has 2 rings (SSSR count). The minimum absolute atomic E-state index is 0.202. The smallest absolute Gasteiger partial charge is 0.122 e.